The lowest BCUT2D eigenvalue weighted by molar-refractivity contribution is 0.163. The standard InChI is InChI=1S/C11H22N2O/c1-9(2)6-7-10(13-12)11-5-3-4-8-14-11/h5,9-10,13H,3-4,6-8,12H2,1-2H3. The van der Waals surface area contributed by atoms with Crippen molar-refractivity contribution in [3.05, 3.63) is 11.8 Å². The maximum atomic E-state index is 5.58. The van der Waals surface area contributed by atoms with Crippen LogP contribution in [0.3, 0.4) is 0 Å². The molecule has 0 aromatic heterocycles. The molecule has 0 saturated heterocycles. The molecule has 0 aromatic carbocycles. The quantitative estimate of drug-likeness (QED) is 0.524. The van der Waals surface area contributed by atoms with Gasteiger partial charge in [0.15, 0.2) is 0 Å². The molecular weight excluding hydrogens is 176 g/mol. The van der Waals surface area contributed by atoms with Gasteiger partial charge >= 0.3 is 0 Å². The first-order chi connectivity index (χ1) is 6.74. The maximum Gasteiger partial charge on any atom is 0.110 e. The SMILES string of the molecule is CC(C)CCC(NN)C1=CCCCO1. The Morgan fingerprint density at radius 1 is 1.50 bits per heavy atom. The van der Waals surface area contributed by atoms with Crippen molar-refractivity contribution in [2.24, 2.45) is 11.8 Å². The number of hydrazine groups is 1. The zero-order chi connectivity index (χ0) is 10.4. The van der Waals surface area contributed by atoms with Gasteiger partial charge in [0.2, 0.25) is 0 Å². The van der Waals surface area contributed by atoms with E-state index in [9.17, 15) is 0 Å². The van der Waals surface area contributed by atoms with Crippen LogP contribution >= 0.6 is 0 Å². The largest absolute Gasteiger partial charge is 0.497 e. The second-order valence-electron chi connectivity index (χ2n) is 4.29. The summed E-state index contributed by atoms with van der Waals surface area (Å²) in [5.41, 5.74) is 2.83. The van der Waals surface area contributed by atoms with Crippen LogP contribution in [0.25, 0.3) is 0 Å². The third-order valence-corrected chi connectivity index (χ3v) is 2.54. The van der Waals surface area contributed by atoms with E-state index in [-0.39, 0.29) is 6.04 Å². The average molecular weight is 198 g/mol. The highest BCUT2D eigenvalue weighted by Crippen LogP contribution is 2.18. The molecule has 3 nitrogen and oxygen atoms in total. The molecule has 1 aliphatic heterocycles. The molecule has 0 bridgehead atoms. The molecule has 82 valence electrons. The van der Waals surface area contributed by atoms with E-state index in [1.165, 1.54) is 6.42 Å². The number of hydrogen-bond acceptors (Lipinski definition) is 3. The number of hydrogen-bond donors (Lipinski definition) is 2. The Morgan fingerprint density at radius 2 is 2.29 bits per heavy atom. The van der Waals surface area contributed by atoms with Crippen LogP contribution in [0.4, 0.5) is 0 Å². The Balaban J connectivity index is 2.39. The van der Waals surface area contributed by atoms with Gasteiger partial charge in [-0.3, -0.25) is 5.84 Å². The number of rotatable bonds is 5. The lowest BCUT2D eigenvalue weighted by atomic mass is 10.0. The van der Waals surface area contributed by atoms with Crippen LogP contribution in [-0.4, -0.2) is 12.6 Å². The van der Waals surface area contributed by atoms with E-state index in [0.717, 1.165) is 37.5 Å². The molecule has 1 heterocycles. The highest BCUT2D eigenvalue weighted by molar-refractivity contribution is 5.04. The molecule has 0 aromatic rings. The van der Waals surface area contributed by atoms with Gasteiger partial charge in [0, 0.05) is 0 Å². The summed E-state index contributed by atoms with van der Waals surface area (Å²) in [5, 5.41) is 0. The van der Waals surface area contributed by atoms with Crippen LogP contribution in [0.1, 0.15) is 39.5 Å². The molecule has 0 amide bonds. The van der Waals surface area contributed by atoms with E-state index < -0.39 is 0 Å². The summed E-state index contributed by atoms with van der Waals surface area (Å²) in [4.78, 5) is 0. The normalized spacial score (nSPS) is 19.0. The topological polar surface area (TPSA) is 47.3 Å². The van der Waals surface area contributed by atoms with Gasteiger partial charge in [-0.1, -0.05) is 13.8 Å². The predicted octanol–water partition coefficient (Wildman–Crippen LogP) is 1.95. The van der Waals surface area contributed by atoms with Gasteiger partial charge in [-0.2, -0.15) is 0 Å². The maximum absolute atomic E-state index is 5.58. The van der Waals surface area contributed by atoms with Crippen molar-refractivity contribution < 1.29 is 4.74 Å². The van der Waals surface area contributed by atoms with Gasteiger partial charge in [-0.25, -0.2) is 5.43 Å². The number of nitrogens with one attached hydrogen (secondary N) is 1. The number of allylic oxidation sites excluding steroid dienone is 1. The molecule has 1 unspecified atom stereocenters. The van der Waals surface area contributed by atoms with Gasteiger partial charge in [0.05, 0.1) is 12.6 Å². The summed E-state index contributed by atoms with van der Waals surface area (Å²) < 4.78 is 5.58. The third-order valence-electron chi connectivity index (χ3n) is 2.54. The molecule has 0 spiro atoms. The predicted molar refractivity (Wildman–Crippen MR) is 58.5 cm³/mol. The summed E-state index contributed by atoms with van der Waals surface area (Å²) in [7, 11) is 0. The molecule has 1 atom stereocenters. The minimum absolute atomic E-state index is 0.206. The molecule has 14 heavy (non-hydrogen) atoms. The van der Waals surface area contributed by atoms with Crippen molar-refractivity contribution in [3.8, 4) is 0 Å². The zero-order valence-electron chi connectivity index (χ0n) is 9.25. The van der Waals surface area contributed by atoms with Gasteiger partial charge in [-0.15, -0.1) is 0 Å². The Kier molecular flexibility index (Phi) is 4.98. The first kappa shape index (κ1) is 11.5. The van der Waals surface area contributed by atoms with Crippen molar-refractivity contribution in [2.45, 2.75) is 45.6 Å². The van der Waals surface area contributed by atoms with Gasteiger partial charge in [0.1, 0.15) is 5.76 Å². The first-order valence-electron chi connectivity index (χ1n) is 5.53. The smallest absolute Gasteiger partial charge is 0.110 e. The minimum atomic E-state index is 0.206. The Morgan fingerprint density at radius 3 is 2.79 bits per heavy atom. The highest BCUT2D eigenvalue weighted by atomic mass is 16.5. The zero-order valence-corrected chi connectivity index (χ0v) is 9.25. The van der Waals surface area contributed by atoms with Crippen molar-refractivity contribution >= 4 is 0 Å². The number of nitrogens with two attached hydrogens (primary N) is 1. The Bertz CT molecular complexity index is 190. The summed E-state index contributed by atoms with van der Waals surface area (Å²) in [6, 6.07) is 0.206. The van der Waals surface area contributed by atoms with E-state index in [2.05, 4.69) is 25.3 Å². The average Bonchev–Trinajstić information content (AvgIpc) is 2.20. The van der Waals surface area contributed by atoms with Gasteiger partial charge < -0.3 is 4.74 Å². The molecule has 3 N–H and O–H groups in total. The Hall–Kier alpha value is -0.540. The van der Waals surface area contributed by atoms with Crippen LogP contribution in [0.15, 0.2) is 11.8 Å². The molecule has 0 aliphatic carbocycles. The lowest BCUT2D eigenvalue weighted by Crippen LogP contribution is -2.38. The second kappa shape index (κ2) is 6.04. The molecule has 1 aliphatic rings. The van der Waals surface area contributed by atoms with Crippen LogP contribution in [0, 0.1) is 5.92 Å². The second-order valence-corrected chi connectivity index (χ2v) is 4.29. The number of ether oxygens (including phenoxy) is 1. The molecular formula is C11H22N2O. The van der Waals surface area contributed by atoms with Crippen molar-refractivity contribution in [3.63, 3.8) is 0 Å². The lowest BCUT2D eigenvalue weighted by Gasteiger charge is -2.23. The summed E-state index contributed by atoms with van der Waals surface area (Å²) in [6.07, 6.45) is 6.64. The molecule has 1 rings (SSSR count). The van der Waals surface area contributed by atoms with E-state index >= 15 is 0 Å². The van der Waals surface area contributed by atoms with Crippen LogP contribution in [0.5, 0.6) is 0 Å². The van der Waals surface area contributed by atoms with Crippen LogP contribution in [-0.2, 0) is 4.74 Å². The van der Waals surface area contributed by atoms with Crippen molar-refractivity contribution in [1.82, 2.24) is 5.43 Å². The van der Waals surface area contributed by atoms with Gasteiger partial charge in [0.25, 0.3) is 0 Å². The fourth-order valence-electron chi connectivity index (χ4n) is 1.63. The van der Waals surface area contributed by atoms with Crippen LogP contribution in [0.2, 0.25) is 0 Å². The fraction of sp³-hybridized carbons (Fsp3) is 0.818. The summed E-state index contributed by atoms with van der Waals surface area (Å²) >= 11 is 0. The monoisotopic (exact) mass is 198 g/mol. The molecule has 0 fully saturated rings. The van der Waals surface area contributed by atoms with E-state index in [0.29, 0.717) is 0 Å². The summed E-state index contributed by atoms with van der Waals surface area (Å²) in [6.45, 7) is 5.29. The molecule has 0 radical (unpaired) electrons. The van der Waals surface area contributed by atoms with E-state index in [1.807, 2.05) is 0 Å². The molecule has 3 heteroatoms. The van der Waals surface area contributed by atoms with Crippen molar-refractivity contribution in [1.29, 1.82) is 0 Å². The summed E-state index contributed by atoms with van der Waals surface area (Å²) in [5.74, 6) is 7.28. The fourth-order valence-corrected chi connectivity index (χ4v) is 1.63. The van der Waals surface area contributed by atoms with E-state index in [4.69, 9.17) is 10.6 Å². The highest BCUT2D eigenvalue weighted by Gasteiger charge is 2.16. The molecule has 0 saturated carbocycles. The Labute approximate surface area is 86.7 Å². The first-order valence-corrected chi connectivity index (χ1v) is 5.53. The van der Waals surface area contributed by atoms with Gasteiger partial charge in [-0.05, 0) is 37.7 Å². The van der Waals surface area contributed by atoms with Crippen molar-refractivity contribution in [2.75, 3.05) is 6.61 Å². The van der Waals surface area contributed by atoms with Crippen LogP contribution < -0.4 is 11.3 Å². The van der Waals surface area contributed by atoms with E-state index in [1.54, 1.807) is 0 Å². The minimum Gasteiger partial charge on any atom is -0.497 e. The third kappa shape index (κ3) is 3.68.